The monoisotopic (exact) mass is 988 g/mol. The normalized spacial score (nSPS) is 18.2. The number of nitrogens with zero attached hydrogens (tertiary/aromatic N) is 4. The number of rotatable bonds is 12. The first kappa shape index (κ1) is 54.5. The maximum absolute atomic E-state index is 13.9. The molecule has 4 aromatic carbocycles. The SMILES string of the molecule is C.C.CCOC(=O)COCC1CCC(n2c(NC(=O)c3cccc(C(F)(F)F)c3)nc3cc(F)ccc32)CC1.O=C(Nc1nc2cc(F)ccc2n1C1CCC(CO)CC1)c1cccc(C(F)(F)F)c1. The van der Waals surface area contributed by atoms with Gasteiger partial charge >= 0.3 is 18.3 Å². The Hall–Kier alpha value is -6.41. The number of aliphatic hydroxyl groups excluding tert-OH is 1. The minimum absolute atomic E-state index is 0. The Morgan fingerprint density at radius 1 is 0.643 bits per heavy atom. The molecule has 0 spiro atoms. The maximum atomic E-state index is 13.9. The summed E-state index contributed by atoms with van der Waals surface area (Å²) in [6.45, 7) is 2.45. The zero-order valence-electron chi connectivity index (χ0n) is 36.7. The van der Waals surface area contributed by atoms with Crippen LogP contribution in [0.3, 0.4) is 0 Å². The van der Waals surface area contributed by atoms with Crippen LogP contribution < -0.4 is 10.6 Å². The number of nitrogens with one attached hydrogen (secondary N) is 2. The van der Waals surface area contributed by atoms with Gasteiger partial charge in [-0.2, -0.15) is 26.3 Å². The molecule has 20 heteroatoms. The van der Waals surface area contributed by atoms with Crippen molar-refractivity contribution < 1.29 is 64.1 Å². The first-order chi connectivity index (χ1) is 32.4. The van der Waals surface area contributed by atoms with Gasteiger partial charge in [0.25, 0.3) is 11.8 Å². The van der Waals surface area contributed by atoms with Crippen molar-refractivity contribution in [3.63, 3.8) is 0 Å². The van der Waals surface area contributed by atoms with Crippen molar-refractivity contribution in [3.05, 3.63) is 119 Å². The highest BCUT2D eigenvalue weighted by atomic mass is 19.4. The van der Waals surface area contributed by atoms with Crippen LogP contribution in [0.2, 0.25) is 0 Å². The second kappa shape index (κ2) is 23.5. The lowest BCUT2D eigenvalue weighted by molar-refractivity contribution is -0.149. The van der Waals surface area contributed by atoms with E-state index in [-0.39, 0.29) is 75.0 Å². The van der Waals surface area contributed by atoms with Gasteiger partial charge < -0.3 is 23.7 Å². The first-order valence-corrected chi connectivity index (χ1v) is 22.1. The number of anilines is 2. The third-order valence-electron chi connectivity index (χ3n) is 12.2. The molecule has 2 fully saturated rings. The number of aliphatic hydroxyl groups is 1. The molecule has 0 atom stereocenters. The molecular weight excluding hydrogens is 933 g/mol. The lowest BCUT2D eigenvalue weighted by Crippen LogP contribution is -2.24. The number of hydrogen-bond donors (Lipinski definition) is 3. The molecule has 2 heterocycles. The average molecular weight is 989 g/mol. The number of imidazole rings is 2. The summed E-state index contributed by atoms with van der Waals surface area (Å²) in [5, 5.41) is 14.6. The van der Waals surface area contributed by atoms with Gasteiger partial charge in [0.05, 0.1) is 46.4 Å². The fourth-order valence-corrected chi connectivity index (χ4v) is 8.75. The highest BCUT2D eigenvalue weighted by Gasteiger charge is 2.33. The maximum Gasteiger partial charge on any atom is 0.416 e. The van der Waals surface area contributed by atoms with Crippen LogP contribution in [-0.2, 0) is 26.6 Å². The third-order valence-corrected chi connectivity index (χ3v) is 12.2. The summed E-state index contributed by atoms with van der Waals surface area (Å²) in [6.07, 6.45) is -3.09. The summed E-state index contributed by atoms with van der Waals surface area (Å²) < 4.78 is 120. The largest absolute Gasteiger partial charge is 0.464 e. The summed E-state index contributed by atoms with van der Waals surface area (Å²) in [4.78, 5) is 45.8. The fraction of sp³-hybridized carbons (Fsp3) is 0.420. The highest BCUT2D eigenvalue weighted by molar-refractivity contribution is 6.05. The fourth-order valence-electron chi connectivity index (χ4n) is 8.75. The summed E-state index contributed by atoms with van der Waals surface area (Å²) in [7, 11) is 0. The number of ether oxygens (including phenoxy) is 2. The van der Waals surface area contributed by atoms with Crippen LogP contribution in [0, 0.1) is 23.5 Å². The van der Waals surface area contributed by atoms with Gasteiger partial charge in [0, 0.05) is 42.0 Å². The number of alkyl halides is 6. The molecule has 2 amide bonds. The predicted molar refractivity (Wildman–Crippen MR) is 248 cm³/mol. The number of carbonyl (C=O) groups excluding carboxylic acids is 3. The van der Waals surface area contributed by atoms with Crippen molar-refractivity contribution in [1.82, 2.24) is 19.1 Å². The Morgan fingerprint density at radius 3 is 1.47 bits per heavy atom. The van der Waals surface area contributed by atoms with Crippen molar-refractivity contribution in [2.24, 2.45) is 11.8 Å². The summed E-state index contributed by atoms with van der Waals surface area (Å²) in [5.41, 5.74) is -0.234. The Labute approximate surface area is 399 Å². The van der Waals surface area contributed by atoms with Crippen molar-refractivity contribution >= 4 is 51.7 Å². The average Bonchev–Trinajstić information content (AvgIpc) is 3.85. The van der Waals surface area contributed by atoms with Gasteiger partial charge in [-0.1, -0.05) is 27.0 Å². The van der Waals surface area contributed by atoms with Crippen LogP contribution in [0.4, 0.5) is 47.0 Å². The van der Waals surface area contributed by atoms with Crippen molar-refractivity contribution in [2.75, 3.05) is 37.1 Å². The molecule has 0 saturated heterocycles. The second-order valence-corrected chi connectivity index (χ2v) is 16.8. The molecule has 3 N–H and O–H groups in total. The van der Waals surface area contributed by atoms with Crippen molar-refractivity contribution in [1.29, 1.82) is 0 Å². The number of fused-ring (bicyclic) bond motifs is 2. The topological polar surface area (TPSA) is 150 Å². The number of hydrogen-bond acceptors (Lipinski definition) is 8. The van der Waals surface area contributed by atoms with E-state index in [1.807, 2.05) is 9.13 Å². The van der Waals surface area contributed by atoms with Gasteiger partial charge in [-0.3, -0.25) is 20.2 Å². The van der Waals surface area contributed by atoms with E-state index >= 15 is 0 Å². The number of esters is 1. The van der Waals surface area contributed by atoms with E-state index in [9.17, 15) is 54.6 Å². The molecule has 0 aliphatic heterocycles. The lowest BCUT2D eigenvalue weighted by atomic mass is 9.86. The van der Waals surface area contributed by atoms with Crippen LogP contribution in [0.15, 0.2) is 84.9 Å². The van der Waals surface area contributed by atoms with Crippen molar-refractivity contribution in [3.8, 4) is 0 Å². The molecule has 2 saturated carbocycles. The second-order valence-electron chi connectivity index (χ2n) is 16.8. The van der Waals surface area contributed by atoms with Crippen LogP contribution in [0.1, 0.15) is 117 Å². The standard InChI is InChI=1S/C26H27F4N3O4.C22H21F4N3O2.2CH4/c1-2-37-23(34)15-36-14-16-6-9-20(10-7-16)33-22-11-8-19(27)13-21(22)31-25(33)32-24(35)17-4-3-5-18(12-17)26(28,29)30;23-16-6-9-19-18(11-16)27-21(29(19)17-7-4-13(12-30)5-8-17)28-20(31)14-2-1-3-15(10-14)22(24,25)26;;/h3-5,8,11-13,16,20H,2,6-7,9-10,14-15H2,1H3,(H,31,32,35);1-3,6,9-11,13,17,30H,4-5,7-8,12H2,(H,27,28,31);2*1H4. The third kappa shape index (κ3) is 13.3. The molecule has 12 nitrogen and oxygen atoms in total. The molecule has 0 unspecified atom stereocenters. The van der Waals surface area contributed by atoms with Gasteiger partial charge in [0.15, 0.2) is 0 Å². The summed E-state index contributed by atoms with van der Waals surface area (Å²) in [6, 6.07) is 16.4. The molecule has 70 heavy (non-hydrogen) atoms. The van der Waals surface area contributed by atoms with E-state index < -0.39 is 52.9 Å². The molecule has 0 bridgehead atoms. The zero-order chi connectivity index (χ0) is 48.8. The molecular formula is C50H56F8N6O6. The molecule has 6 aromatic rings. The molecule has 8 rings (SSSR count). The van der Waals surface area contributed by atoms with Gasteiger partial charge in [-0.15, -0.1) is 0 Å². The molecule has 378 valence electrons. The summed E-state index contributed by atoms with van der Waals surface area (Å²) in [5.74, 6) is -2.09. The van der Waals surface area contributed by atoms with Gasteiger partial charge in [0.2, 0.25) is 11.9 Å². The first-order valence-electron chi connectivity index (χ1n) is 22.1. The molecule has 2 aliphatic rings. The minimum Gasteiger partial charge on any atom is -0.464 e. The smallest absolute Gasteiger partial charge is 0.416 e. The molecule has 0 radical (unpaired) electrons. The number of halogens is 8. The lowest BCUT2D eigenvalue weighted by Gasteiger charge is -2.30. The van der Waals surface area contributed by atoms with E-state index in [1.165, 1.54) is 48.5 Å². The minimum atomic E-state index is -4.58. The van der Waals surface area contributed by atoms with Crippen LogP contribution in [-0.4, -0.2) is 68.4 Å². The number of aromatic nitrogens is 4. The van der Waals surface area contributed by atoms with E-state index in [1.54, 1.807) is 19.1 Å². The van der Waals surface area contributed by atoms with Gasteiger partial charge in [0.1, 0.15) is 18.2 Å². The highest BCUT2D eigenvalue weighted by Crippen LogP contribution is 2.39. The molecule has 2 aromatic heterocycles. The Balaban J connectivity index is 0.000000257. The quantitative estimate of drug-likeness (QED) is 0.0810. The predicted octanol–water partition coefficient (Wildman–Crippen LogP) is 12.2. The van der Waals surface area contributed by atoms with E-state index in [0.29, 0.717) is 48.1 Å². The summed E-state index contributed by atoms with van der Waals surface area (Å²) >= 11 is 0. The van der Waals surface area contributed by atoms with Crippen LogP contribution in [0.5, 0.6) is 0 Å². The number of benzene rings is 4. The van der Waals surface area contributed by atoms with Crippen LogP contribution in [0.25, 0.3) is 22.1 Å². The Kier molecular flexibility index (Phi) is 18.3. The van der Waals surface area contributed by atoms with Gasteiger partial charge in [-0.25, -0.2) is 23.5 Å². The number of amides is 2. The van der Waals surface area contributed by atoms with Crippen molar-refractivity contribution in [2.45, 2.75) is 97.6 Å². The molecule has 2 aliphatic carbocycles. The van der Waals surface area contributed by atoms with Gasteiger partial charge in [-0.05, 0) is 131 Å². The Bertz CT molecular complexity index is 2740. The van der Waals surface area contributed by atoms with E-state index in [0.717, 1.165) is 62.8 Å². The Morgan fingerprint density at radius 2 is 1.07 bits per heavy atom. The van der Waals surface area contributed by atoms with E-state index in [4.69, 9.17) is 9.47 Å². The number of carbonyl (C=O) groups is 3. The zero-order valence-corrected chi connectivity index (χ0v) is 36.7. The van der Waals surface area contributed by atoms with E-state index in [2.05, 4.69) is 20.6 Å². The van der Waals surface area contributed by atoms with Crippen LogP contribution >= 0.6 is 0 Å².